The second kappa shape index (κ2) is 5.88. The van der Waals surface area contributed by atoms with E-state index in [1.54, 1.807) is 30.3 Å². The number of aliphatic imine (C=N–C) groups is 1. The lowest BCUT2D eigenvalue weighted by atomic mass is 10.2. The SMILES string of the molecule is COc1cc(C=Nc2ccccc2C(=O)O)ccc1O. The zero-order valence-electron chi connectivity index (χ0n) is 10.8. The molecule has 2 aromatic carbocycles. The number of carboxylic acids is 1. The lowest BCUT2D eigenvalue weighted by molar-refractivity contribution is 0.0698. The van der Waals surface area contributed by atoms with Crippen LogP contribution in [0.5, 0.6) is 11.5 Å². The molecule has 0 heterocycles. The van der Waals surface area contributed by atoms with Gasteiger partial charge in [0.15, 0.2) is 11.5 Å². The van der Waals surface area contributed by atoms with E-state index in [1.807, 2.05) is 0 Å². The van der Waals surface area contributed by atoms with E-state index in [1.165, 1.54) is 25.5 Å². The molecule has 2 aromatic rings. The van der Waals surface area contributed by atoms with Gasteiger partial charge in [-0.1, -0.05) is 12.1 Å². The third-order valence-electron chi connectivity index (χ3n) is 2.69. The summed E-state index contributed by atoms with van der Waals surface area (Å²) in [6.07, 6.45) is 1.52. The van der Waals surface area contributed by atoms with Crippen molar-refractivity contribution in [1.82, 2.24) is 0 Å². The number of carboxylic acid groups (broad SMARTS) is 1. The number of hydrogen-bond donors (Lipinski definition) is 2. The Morgan fingerprint density at radius 3 is 2.70 bits per heavy atom. The monoisotopic (exact) mass is 271 g/mol. The van der Waals surface area contributed by atoms with Gasteiger partial charge in [0, 0.05) is 6.21 Å². The highest BCUT2D eigenvalue weighted by molar-refractivity contribution is 5.95. The molecule has 2 N–H and O–H groups in total. The molecule has 0 spiro atoms. The molecule has 102 valence electrons. The van der Waals surface area contributed by atoms with E-state index in [4.69, 9.17) is 9.84 Å². The second-order valence-corrected chi connectivity index (χ2v) is 4.01. The first-order valence-electron chi connectivity index (χ1n) is 5.85. The van der Waals surface area contributed by atoms with Crippen molar-refractivity contribution >= 4 is 17.9 Å². The molecule has 2 rings (SSSR count). The number of phenolic OH excluding ortho intramolecular Hbond substituents is 1. The molecule has 0 unspecified atom stereocenters. The summed E-state index contributed by atoms with van der Waals surface area (Å²) in [5.41, 5.74) is 1.20. The summed E-state index contributed by atoms with van der Waals surface area (Å²) in [7, 11) is 1.45. The van der Waals surface area contributed by atoms with Gasteiger partial charge in [0.25, 0.3) is 0 Å². The molecule has 0 radical (unpaired) electrons. The Bertz CT molecular complexity index is 665. The summed E-state index contributed by atoms with van der Waals surface area (Å²) in [5.74, 6) is -0.655. The van der Waals surface area contributed by atoms with Gasteiger partial charge in [0.05, 0.1) is 18.4 Å². The first kappa shape index (κ1) is 13.6. The Balaban J connectivity index is 2.32. The van der Waals surface area contributed by atoms with Crippen molar-refractivity contribution in [2.45, 2.75) is 0 Å². The van der Waals surface area contributed by atoms with Crippen molar-refractivity contribution < 1.29 is 19.7 Å². The number of benzene rings is 2. The molecular formula is C15H13NO4. The maximum absolute atomic E-state index is 11.1. The number of aromatic carboxylic acids is 1. The van der Waals surface area contributed by atoms with Gasteiger partial charge in [0.1, 0.15) is 0 Å². The Labute approximate surface area is 115 Å². The van der Waals surface area contributed by atoms with Crippen LogP contribution in [0.3, 0.4) is 0 Å². The fourth-order valence-corrected chi connectivity index (χ4v) is 1.69. The van der Waals surface area contributed by atoms with Crippen molar-refractivity contribution in [2.24, 2.45) is 4.99 Å². The molecule has 0 aliphatic heterocycles. The number of hydrogen-bond acceptors (Lipinski definition) is 4. The largest absolute Gasteiger partial charge is 0.504 e. The van der Waals surface area contributed by atoms with Crippen LogP contribution in [0.4, 0.5) is 5.69 Å². The molecule has 0 fully saturated rings. The number of ether oxygens (including phenoxy) is 1. The minimum absolute atomic E-state index is 0.0376. The minimum atomic E-state index is -1.03. The number of rotatable bonds is 4. The maximum Gasteiger partial charge on any atom is 0.337 e. The van der Waals surface area contributed by atoms with E-state index >= 15 is 0 Å². The average molecular weight is 271 g/mol. The Morgan fingerprint density at radius 1 is 1.25 bits per heavy atom. The first-order chi connectivity index (χ1) is 9.61. The highest BCUT2D eigenvalue weighted by atomic mass is 16.5. The van der Waals surface area contributed by atoms with Gasteiger partial charge >= 0.3 is 5.97 Å². The number of para-hydroxylation sites is 1. The van der Waals surface area contributed by atoms with Gasteiger partial charge in [-0.3, -0.25) is 4.99 Å². The van der Waals surface area contributed by atoms with E-state index < -0.39 is 5.97 Å². The molecule has 5 heteroatoms. The van der Waals surface area contributed by atoms with Crippen molar-refractivity contribution in [3.05, 3.63) is 53.6 Å². The van der Waals surface area contributed by atoms with Crippen LogP contribution in [-0.2, 0) is 0 Å². The number of nitrogens with zero attached hydrogens (tertiary/aromatic N) is 1. The van der Waals surface area contributed by atoms with Crippen LogP contribution in [0.2, 0.25) is 0 Å². The maximum atomic E-state index is 11.1. The lowest BCUT2D eigenvalue weighted by Crippen LogP contribution is -1.96. The molecule has 0 aliphatic carbocycles. The first-order valence-corrected chi connectivity index (χ1v) is 5.85. The minimum Gasteiger partial charge on any atom is -0.504 e. The zero-order valence-corrected chi connectivity index (χ0v) is 10.8. The second-order valence-electron chi connectivity index (χ2n) is 4.01. The van der Waals surface area contributed by atoms with Crippen molar-refractivity contribution in [2.75, 3.05) is 7.11 Å². The number of methoxy groups -OCH3 is 1. The summed E-state index contributed by atoms with van der Waals surface area (Å²) in [6, 6.07) is 11.2. The summed E-state index contributed by atoms with van der Waals surface area (Å²) in [6.45, 7) is 0. The highest BCUT2D eigenvalue weighted by Gasteiger charge is 2.07. The Morgan fingerprint density at radius 2 is 2.00 bits per heavy atom. The van der Waals surface area contributed by atoms with Crippen LogP contribution < -0.4 is 4.74 Å². The van der Waals surface area contributed by atoms with Crippen LogP contribution >= 0.6 is 0 Å². The third-order valence-corrected chi connectivity index (χ3v) is 2.69. The molecule has 0 atom stereocenters. The van der Waals surface area contributed by atoms with Gasteiger partial charge < -0.3 is 14.9 Å². The normalized spacial score (nSPS) is 10.7. The summed E-state index contributed by atoms with van der Waals surface area (Å²) < 4.78 is 4.99. The molecule has 0 aromatic heterocycles. The van der Waals surface area contributed by atoms with Gasteiger partial charge in [-0.05, 0) is 35.9 Å². The Kier molecular flexibility index (Phi) is 4.00. The van der Waals surface area contributed by atoms with Crippen LogP contribution in [0, 0.1) is 0 Å². The van der Waals surface area contributed by atoms with Crippen molar-refractivity contribution in [1.29, 1.82) is 0 Å². The van der Waals surface area contributed by atoms with E-state index in [2.05, 4.69) is 4.99 Å². The zero-order chi connectivity index (χ0) is 14.5. The van der Waals surface area contributed by atoms with Crippen LogP contribution in [-0.4, -0.2) is 29.5 Å². The predicted octanol–water partition coefficient (Wildman–Crippen LogP) is 2.85. The summed E-state index contributed by atoms with van der Waals surface area (Å²) >= 11 is 0. The van der Waals surface area contributed by atoms with E-state index in [0.29, 0.717) is 17.0 Å². The van der Waals surface area contributed by atoms with Crippen LogP contribution in [0.25, 0.3) is 0 Å². The van der Waals surface area contributed by atoms with E-state index in [9.17, 15) is 9.90 Å². The van der Waals surface area contributed by atoms with Crippen molar-refractivity contribution in [3.63, 3.8) is 0 Å². The molecule has 0 saturated heterocycles. The number of carbonyl (C=O) groups is 1. The predicted molar refractivity (Wildman–Crippen MR) is 75.3 cm³/mol. The van der Waals surface area contributed by atoms with E-state index in [0.717, 1.165) is 0 Å². The summed E-state index contributed by atoms with van der Waals surface area (Å²) in [5, 5.41) is 18.5. The molecule has 20 heavy (non-hydrogen) atoms. The van der Waals surface area contributed by atoms with Crippen LogP contribution in [0.15, 0.2) is 47.5 Å². The third kappa shape index (κ3) is 2.95. The van der Waals surface area contributed by atoms with Gasteiger partial charge in [0.2, 0.25) is 0 Å². The Hall–Kier alpha value is -2.82. The van der Waals surface area contributed by atoms with Gasteiger partial charge in [-0.2, -0.15) is 0 Å². The van der Waals surface area contributed by atoms with E-state index in [-0.39, 0.29) is 11.3 Å². The highest BCUT2D eigenvalue weighted by Crippen LogP contribution is 2.26. The van der Waals surface area contributed by atoms with Gasteiger partial charge in [-0.15, -0.1) is 0 Å². The van der Waals surface area contributed by atoms with Gasteiger partial charge in [-0.25, -0.2) is 4.79 Å². The lowest BCUT2D eigenvalue weighted by Gasteiger charge is -2.04. The fraction of sp³-hybridized carbons (Fsp3) is 0.0667. The quantitative estimate of drug-likeness (QED) is 0.838. The summed E-state index contributed by atoms with van der Waals surface area (Å²) in [4.78, 5) is 15.2. The molecule has 5 nitrogen and oxygen atoms in total. The smallest absolute Gasteiger partial charge is 0.337 e. The molecule has 0 bridgehead atoms. The topological polar surface area (TPSA) is 79.1 Å². The number of phenols is 1. The van der Waals surface area contributed by atoms with Crippen LogP contribution in [0.1, 0.15) is 15.9 Å². The fourth-order valence-electron chi connectivity index (χ4n) is 1.69. The average Bonchev–Trinajstić information content (AvgIpc) is 2.46. The standard InChI is InChI=1S/C15H13NO4/c1-20-14-8-10(6-7-13(14)17)9-16-12-5-3-2-4-11(12)15(18)19/h2-9,17H,1H3,(H,18,19). The molecule has 0 saturated carbocycles. The molecular weight excluding hydrogens is 258 g/mol. The molecule has 0 aliphatic rings. The van der Waals surface area contributed by atoms with Crippen molar-refractivity contribution in [3.8, 4) is 11.5 Å². The molecule has 0 amide bonds. The number of aromatic hydroxyl groups is 1.